The van der Waals surface area contributed by atoms with Crippen LogP contribution in [-0.2, 0) is 25.2 Å². The number of rotatable bonds is 9. The molecule has 3 aromatic rings. The van der Waals surface area contributed by atoms with Crippen LogP contribution in [0.15, 0.2) is 54.6 Å². The van der Waals surface area contributed by atoms with Crippen molar-refractivity contribution in [3.8, 4) is 16.9 Å². The second kappa shape index (κ2) is 10.1. The standard InChI is InChI=1S/C28H33O3/c1-5-23-16-24(28(30,6-2)7-3)13-15-26(23)27-17-25(14-8-20(27)4)31-19-22-11-9-21(18-29)10-12-22/h8-9,11-17,29-30H,5-7,18-19H2,1-4H3. The SMILES string of the molecule is CCc1cc(C(O)(CC)CC)ccc1-c1cc(OCc2c[c]c(CO)cc2)ccc1C. The van der Waals surface area contributed by atoms with Gasteiger partial charge in [0.25, 0.3) is 0 Å². The Labute approximate surface area is 186 Å². The molecule has 3 rings (SSSR count). The van der Waals surface area contributed by atoms with E-state index in [1.165, 1.54) is 16.7 Å². The van der Waals surface area contributed by atoms with E-state index < -0.39 is 5.60 Å². The van der Waals surface area contributed by atoms with Gasteiger partial charge >= 0.3 is 0 Å². The normalized spacial score (nSPS) is 11.5. The molecule has 0 aromatic heterocycles. The van der Waals surface area contributed by atoms with Crippen molar-refractivity contribution >= 4 is 0 Å². The highest BCUT2D eigenvalue weighted by Gasteiger charge is 2.25. The zero-order valence-electron chi connectivity index (χ0n) is 19.0. The lowest BCUT2D eigenvalue weighted by Crippen LogP contribution is -2.23. The van der Waals surface area contributed by atoms with Crippen LogP contribution in [0, 0.1) is 13.0 Å². The summed E-state index contributed by atoms with van der Waals surface area (Å²) in [6.07, 6.45) is 2.29. The number of aryl methyl sites for hydroxylation is 2. The van der Waals surface area contributed by atoms with Gasteiger partial charge in [-0.05, 0) is 89.4 Å². The first-order valence-corrected chi connectivity index (χ1v) is 11.1. The van der Waals surface area contributed by atoms with E-state index in [9.17, 15) is 5.11 Å². The van der Waals surface area contributed by atoms with Crippen LogP contribution in [0.3, 0.4) is 0 Å². The van der Waals surface area contributed by atoms with Crippen LogP contribution in [0.2, 0.25) is 0 Å². The van der Waals surface area contributed by atoms with Gasteiger partial charge < -0.3 is 14.9 Å². The predicted octanol–water partition coefficient (Wildman–Crippen LogP) is 6.10. The minimum atomic E-state index is -0.773. The number of aliphatic hydroxyl groups is 2. The van der Waals surface area contributed by atoms with Gasteiger partial charge in [0, 0.05) is 0 Å². The van der Waals surface area contributed by atoms with Crippen molar-refractivity contribution in [2.75, 3.05) is 0 Å². The maximum Gasteiger partial charge on any atom is 0.120 e. The Balaban J connectivity index is 1.88. The van der Waals surface area contributed by atoms with Crippen molar-refractivity contribution in [1.29, 1.82) is 0 Å². The van der Waals surface area contributed by atoms with E-state index in [0.29, 0.717) is 19.4 Å². The average molecular weight is 418 g/mol. The molecule has 0 unspecified atom stereocenters. The first-order chi connectivity index (χ1) is 14.9. The number of ether oxygens (including phenoxy) is 1. The highest BCUT2D eigenvalue weighted by atomic mass is 16.5. The van der Waals surface area contributed by atoms with Crippen LogP contribution >= 0.6 is 0 Å². The summed E-state index contributed by atoms with van der Waals surface area (Å²) in [6, 6.07) is 21.3. The van der Waals surface area contributed by atoms with Crippen LogP contribution in [0.1, 0.15) is 61.4 Å². The molecule has 0 saturated carbocycles. The van der Waals surface area contributed by atoms with Crippen LogP contribution in [0.25, 0.3) is 11.1 Å². The molecule has 0 fully saturated rings. The van der Waals surface area contributed by atoms with Crippen molar-refractivity contribution in [2.45, 2.75) is 65.8 Å². The minimum absolute atomic E-state index is 0.00504. The third-order valence-corrected chi connectivity index (χ3v) is 6.21. The molecule has 0 amide bonds. The summed E-state index contributed by atoms with van der Waals surface area (Å²) in [5.74, 6) is 0.816. The van der Waals surface area contributed by atoms with E-state index in [1.54, 1.807) is 0 Å². The molecule has 0 aliphatic carbocycles. The Morgan fingerprint density at radius 1 is 0.935 bits per heavy atom. The summed E-state index contributed by atoms with van der Waals surface area (Å²) in [7, 11) is 0. The fourth-order valence-electron chi connectivity index (χ4n) is 3.92. The molecule has 2 N–H and O–H groups in total. The quantitative estimate of drug-likeness (QED) is 0.442. The Morgan fingerprint density at radius 3 is 2.32 bits per heavy atom. The minimum Gasteiger partial charge on any atom is -0.489 e. The highest BCUT2D eigenvalue weighted by Crippen LogP contribution is 2.35. The summed E-state index contributed by atoms with van der Waals surface area (Å²) in [5, 5.41) is 20.1. The number of hydrogen-bond donors (Lipinski definition) is 2. The number of benzene rings is 3. The third-order valence-electron chi connectivity index (χ3n) is 6.21. The van der Waals surface area contributed by atoms with Crippen LogP contribution in [0.5, 0.6) is 5.75 Å². The zero-order valence-corrected chi connectivity index (χ0v) is 19.0. The van der Waals surface area contributed by atoms with Gasteiger partial charge in [-0.2, -0.15) is 0 Å². The van der Waals surface area contributed by atoms with Gasteiger partial charge in [-0.3, -0.25) is 0 Å². The van der Waals surface area contributed by atoms with Gasteiger partial charge in [0.05, 0.1) is 12.2 Å². The van der Waals surface area contributed by atoms with Crippen molar-refractivity contribution in [3.05, 3.63) is 88.5 Å². The molecule has 0 saturated heterocycles. The second-order valence-corrected chi connectivity index (χ2v) is 8.11. The fourth-order valence-corrected chi connectivity index (χ4v) is 3.92. The molecule has 0 heterocycles. The summed E-state index contributed by atoms with van der Waals surface area (Å²) in [6.45, 7) is 8.77. The van der Waals surface area contributed by atoms with E-state index in [-0.39, 0.29) is 6.61 Å². The van der Waals surface area contributed by atoms with Crippen molar-refractivity contribution in [1.82, 2.24) is 0 Å². The number of hydrogen-bond acceptors (Lipinski definition) is 3. The van der Waals surface area contributed by atoms with E-state index in [2.05, 4.69) is 50.2 Å². The lowest BCUT2D eigenvalue weighted by molar-refractivity contribution is 0.0283. The van der Waals surface area contributed by atoms with Gasteiger partial charge in [-0.25, -0.2) is 0 Å². The van der Waals surface area contributed by atoms with Gasteiger partial charge in [-0.15, -0.1) is 0 Å². The lowest BCUT2D eigenvalue weighted by atomic mass is 9.84. The van der Waals surface area contributed by atoms with Crippen LogP contribution in [-0.4, -0.2) is 10.2 Å². The van der Waals surface area contributed by atoms with Gasteiger partial charge in [0.1, 0.15) is 12.4 Å². The van der Waals surface area contributed by atoms with Gasteiger partial charge in [0.2, 0.25) is 0 Å². The smallest absolute Gasteiger partial charge is 0.120 e. The van der Waals surface area contributed by atoms with Crippen LogP contribution < -0.4 is 4.74 Å². The maximum absolute atomic E-state index is 11.0. The molecule has 0 aliphatic heterocycles. The maximum atomic E-state index is 11.0. The fraction of sp³-hybridized carbons (Fsp3) is 0.357. The first kappa shape index (κ1) is 23.1. The largest absolute Gasteiger partial charge is 0.489 e. The van der Waals surface area contributed by atoms with E-state index in [1.807, 2.05) is 38.1 Å². The highest BCUT2D eigenvalue weighted by molar-refractivity contribution is 5.72. The second-order valence-electron chi connectivity index (χ2n) is 8.11. The molecule has 0 aliphatic rings. The molecule has 0 spiro atoms. The van der Waals surface area contributed by atoms with E-state index in [0.717, 1.165) is 34.4 Å². The average Bonchev–Trinajstić information content (AvgIpc) is 2.83. The molecule has 3 nitrogen and oxygen atoms in total. The summed E-state index contributed by atoms with van der Waals surface area (Å²) < 4.78 is 6.05. The molecule has 163 valence electrons. The lowest BCUT2D eigenvalue weighted by Gasteiger charge is -2.27. The Bertz CT molecular complexity index is 1000. The topological polar surface area (TPSA) is 49.7 Å². The van der Waals surface area contributed by atoms with E-state index >= 15 is 0 Å². The molecule has 0 atom stereocenters. The first-order valence-electron chi connectivity index (χ1n) is 11.1. The van der Waals surface area contributed by atoms with Crippen LogP contribution in [0.4, 0.5) is 0 Å². The van der Waals surface area contributed by atoms with E-state index in [4.69, 9.17) is 9.84 Å². The third kappa shape index (κ3) is 5.17. The Hall–Kier alpha value is -2.62. The summed E-state index contributed by atoms with van der Waals surface area (Å²) in [4.78, 5) is 0. The molecule has 31 heavy (non-hydrogen) atoms. The molecular weight excluding hydrogens is 384 g/mol. The predicted molar refractivity (Wildman–Crippen MR) is 126 cm³/mol. The van der Waals surface area contributed by atoms with Gasteiger partial charge in [0.15, 0.2) is 0 Å². The monoisotopic (exact) mass is 417 g/mol. The zero-order chi connectivity index (χ0) is 22.4. The van der Waals surface area contributed by atoms with Gasteiger partial charge in [-0.1, -0.05) is 57.2 Å². The van der Waals surface area contributed by atoms with Crippen molar-refractivity contribution < 1.29 is 14.9 Å². The Kier molecular flexibility index (Phi) is 7.53. The van der Waals surface area contributed by atoms with Crippen molar-refractivity contribution in [3.63, 3.8) is 0 Å². The molecule has 0 bridgehead atoms. The molecule has 3 heteroatoms. The summed E-state index contributed by atoms with van der Waals surface area (Å²) in [5.41, 5.74) is 6.76. The summed E-state index contributed by atoms with van der Waals surface area (Å²) >= 11 is 0. The molecular formula is C28H33O3. The molecule has 3 aromatic carbocycles. The van der Waals surface area contributed by atoms with Crippen molar-refractivity contribution in [2.24, 2.45) is 0 Å². The molecule has 1 radical (unpaired) electrons. The Morgan fingerprint density at radius 2 is 1.71 bits per heavy atom. The number of aliphatic hydroxyl groups excluding tert-OH is 1.